The zero-order valence-electron chi connectivity index (χ0n) is 16.6. The second-order valence-corrected chi connectivity index (χ2v) is 7.09. The van der Waals surface area contributed by atoms with Crippen LogP contribution in [-0.4, -0.2) is 24.9 Å². The summed E-state index contributed by atoms with van der Waals surface area (Å²) in [5, 5.41) is 16.9. The molecule has 2 amide bonds. The van der Waals surface area contributed by atoms with E-state index in [2.05, 4.69) is 10.6 Å². The number of carboxylic acids is 1. The van der Waals surface area contributed by atoms with Crippen LogP contribution in [0.2, 0.25) is 0 Å². The monoisotopic (exact) mass is 407 g/mol. The Morgan fingerprint density at radius 1 is 1.00 bits per heavy atom. The van der Waals surface area contributed by atoms with E-state index in [-0.39, 0.29) is 18.7 Å². The lowest BCUT2D eigenvalue weighted by molar-refractivity contribution is -0.313. The van der Waals surface area contributed by atoms with Gasteiger partial charge in [0.2, 0.25) is 11.8 Å². The fourth-order valence-electron chi connectivity index (χ4n) is 3.45. The molecule has 1 aliphatic rings. The van der Waals surface area contributed by atoms with Gasteiger partial charge in [0.25, 0.3) is 0 Å². The number of anilines is 2. The predicted molar refractivity (Wildman–Crippen MR) is 111 cm³/mol. The van der Waals surface area contributed by atoms with Crippen LogP contribution < -0.4 is 20.5 Å². The average molecular weight is 407 g/mol. The molecule has 1 aliphatic carbocycles. The molecule has 2 N–H and O–H groups in total. The average Bonchev–Trinajstić information content (AvgIpc) is 2.75. The number of methoxy groups -OCH3 is 1. The number of carboxylic acid groups (broad SMARTS) is 1. The summed E-state index contributed by atoms with van der Waals surface area (Å²) in [5.74, 6) is -2.98. The van der Waals surface area contributed by atoms with Gasteiger partial charge in [-0.05, 0) is 30.5 Å². The molecule has 0 aromatic heterocycles. The summed E-state index contributed by atoms with van der Waals surface area (Å²) in [5.41, 5.74) is 1.82. The molecule has 3 rings (SSSR count). The van der Waals surface area contributed by atoms with E-state index in [0.29, 0.717) is 23.5 Å². The summed E-state index contributed by atoms with van der Waals surface area (Å²) >= 11 is 0. The first kappa shape index (κ1) is 21.1. The van der Waals surface area contributed by atoms with Gasteiger partial charge in [-0.25, -0.2) is 0 Å². The van der Waals surface area contributed by atoms with Crippen LogP contribution in [-0.2, 0) is 20.8 Å². The number of rotatable bonds is 7. The molecule has 2 aromatic rings. The molecule has 0 saturated carbocycles. The molecule has 0 aliphatic heterocycles. The molecule has 0 spiro atoms. The van der Waals surface area contributed by atoms with Crippen LogP contribution in [0.15, 0.2) is 60.7 Å². The Kier molecular flexibility index (Phi) is 6.85. The van der Waals surface area contributed by atoms with Crippen LogP contribution in [0.25, 0.3) is 0 Å². The Hall–Kier alpha value is -3.61. The number of hydrogen-bond acceptors (Lipinski definition) is 5. The van der Waals surface area contributed by atoms with Crippen molar-refractivity contribution < 1.29 is 24.2 Å². The number of benzene rings is 2. The van der Waals surface area contributed by atoms with E-state index in [1.807, 2.05) is 30.3 Å². The third-order valence-electron chi connectivity index (χ3n) is 5.02. The maximum atomic E-state index is 12.6. The van der Waals surface area contributed by atoms with Crippen molar-refractivity contribution in [2.24, 2.45) is 11.8 Å². The normalized spacial score (nSPS) is 17.8. The highest BCUT2D eigenvalue weighted by molar-refractivity contribution is 5.97. The van der Waals surface area contributed by atoms with Gasteiger partial charge >= 0.3 is 0 Å². The van der Waals surface area contributed by atoms with Crippen LogP contribution in [0.1, 0.15) is 18.4 Å². The maximum Gasteiger partial charge on any atom is 0.228 e. The molecule has 0 bridgehead atoms. The number of nitrogens with one attached hydrogen (secondary N) is 2. The molecule has 30 heavy (non-hydrogen) atoms. The Balaban J connectivity index is 1.67. The number of ether oxygens (including phenoxy) is 1. The second-order valence-electron chi connectivity index (χ2n) is 7.09. The highest BCUT2D eigenvalue weighted by atomic mass is 16.5. The summed E-state index contributed by atoms with van der Waals surface area (Å²) < 4.78 is 5.34. The molecule has 0 fully saturated rings. The highest BCUT2D eigenvalue weighted by Gasteiger charge is 2.30. The topological polar surface area (TPSA) is 108 Å². The minimum atomic E-state index is -1.23. The fraction of sp³-hybridized carbons (Fsp3) is 0.261. The smallest absolute Gasteiger partial charge is 0.228 e. The van der Waals surface area contributed by atoms with E-state index in [9.17, 15) is 19.5 Å². The zero-order chi connectivity index (χ0) is 21.5. The number of hydrogen-bond donors (Lipinski definition) is 2. The van der Waals surface area contributed by atoms with Gasteiger partial charge in [-0.3, -0.25) is 9.59 Å². The molecular formula is C23H23N2O5-. The lowest BCUT2D eigenvalue weighted by atomic mass is 9.82. The van der Waals surface area contributed by atoms with Crippen molar-refractivity contribution in [3.05, 3.63) is 66.2 Å². The Morgan fingerprint density at radius 2 is 1.70 bits per heavy atom. The predicted octanol–water partition coefficient (Wildman–Crippen LogP) is 2.15. The van der Waals surface area contributed by atoms with Gasteiger partial charge < -0.3 is 25.3 Å². The largest absolute Gasteiger partial charge is 0.550 e. The quantitative estimate of drug-likeness (QED) is 0.684. The number of amides is 2. The lowest BCUT2D eigenvalue weighted by Crippen LogP contribution is -2.41. The van der Waals surface area contributed by atoms with Gasteiger partial charge in [-0.15, -0.1) is 0 Å². The zero-order valence-corrected chi connectivity index (χ0v) is 16.6. The summed E-state index contributed by atoms with van der Waals surface area (Å²) in [4.78, 5) is 36.2. The summed E-state index contributed by atoms with van der Waals surface area (Å²) in [7, 11) is 1.46. The number of carbonyl (C=O) groups excluding carboxylic acids is 3. The van der Waals surface area contributed by atoms with Gasteiger partial charge in [0, 0.05) is 23.6 Å². The van der Waals surface area contributed by atoms with Crippen LogP contribution in [0, 0.1) is 11.8 Å². The van der Waals surface area contributed by atoms with E-state index >= 15 is 0 Å². The fourth-order valence-corrected chi connectivity index (χ4v) is 3.45. The first-order chi connectivity index (χ1) is 14.5. The lowest BCUT2D eigenvalue weighted by Gasteiger charge is -2.28. The molecule has 2 atom stereocenters. The molecule has 7 nitrogen and oxygen atoms in total. The number of aliphatic carboxylic acids is 1. The standard InChI is InChI=1S/C23H24N2O5/c1-30-20-14-16(24-22(27)17-9-5-6-10-18(17)23(28)29)11-12-19(20)25-21(26)13-15-7-3-2-4-8-15/h2-8,11-12,14,17-18H,9-10,13H2,1H3,(H,24,27)(H,25,26)(H,28,29)/p-1/t17-,18+/m0/s1. The van der Waals surface area contributed by atoms with E-state index in [4.69, 9.17) is 4.74 Å². The summed E-state index contributed by atoms with van der Waals surface area (Å²) in [6, 6.07) is 14.2. The first-order valence-corrected chi connectivity index (χ1v) is 9.66. The third-order valence-corrected chi connectivity index (χ3v) is 5.02. The highest BCUT2D eigenvalue weighted by Crippen LogP contribution is 2.30. The Labute approximate surface area is 174 Å². The number of allylic oxidation sites excluding steroid dienone is 2. The molecule has 0 radical (unpaired) electrons. The van der Waals surface area contributed by atoms with Gasteiger partial charge in [0.1, 0.15) is 5.75 Å². The molecule has 7 heteroatoms. The molecule has 2 aromatic carbocycles. The first-order valence-electron chi connectivity index (χ1n) is 9.66. The van der Waals surface area contributed by atoms with Crippen LogP contribution >= 0.6 is 0 Å². The molecule has 156 valence electrons. The van der Waals surface area contributed by atoms with E-state index < -0.39 is 23.7 Å². The van der Waals surface area contributed by atoms with Crippen molar-refractivity contribution >= 4 is 29.2 Å². The van der Waals surface area contributed by atoms with Crippen molar-refractivity contribution in [1.82, 2.24) is 0 Å². The van der Waals surface area contributed by atoms with Gasteiger partial charge in [0.15, 0.2) is 0 Å². The van der Waals surface area contributed by atoms with Crippen LogP contribution in [0.3, 0.4) is 0 Å². The summed E-state index contributed by atoms with van der Waals surface area (Å²) in [6.45, 7) is 0. The Bertz CT molecular complexity index is 955. The van der Waals surface area contributed by atoms with E-state index in [0.717, 1.165) is 5.56 Å². The molecular weight excluding hydrogens is 384 g/mol. The van der Waals surface area contributed by atoms with Crippen molar-refractivity contribution in [2.45, 2.75) is 19.3 Å². The van der Waals surface area contributed by atoms with Crippen molar-refractivity contribution in [1.29, 1.82) is 0 Å². The number of carbonyl (C=O) groups is 3. The van der Waals surface area contributed by atoms with E-state index in [1.165, 1.54) is 7.11 Å². The van der Waals surface area contributed by atoms with Crippen LogP contribution in [0.5, 0.6) is 5.75 Å². The van der Waals surface area contributed by atoms with Gasteiger partial charge in [-0.1, -0.05) is 42.5 Å². The van der Waals surface area contributed by atoms with Gasteiger partial charge in [0.05, 0.1) is 25.1 Å². The third kappa shape index (κ3) is 5.26. The minimum Gasteiger partial charge on any atom is -0.550 e. The van der Waals surface area contributed by atoms with Crippen molar-refractivity contribution in [3.8, 4) is 5.75 Å². The van der Waals surface area contributed by atoms with Gasteiger partial charge in [-0.2, -0.15) is 0 Å². The molecule has 0 heterocycles. The Morgan fingerprint density at radius 3 is 2.37 bits per heavy atom. The summed E-state index contributed by atoms with van der Waals surface area (Å²) in [6.07, 6.45) is 4.39. The second kappa shape index (κ2) is 9.73. The van der Waals surface area contributed by atoms with E-state index in [1.54, 1.807) is 30.4 Å². The molecule has 0 unspecified atom stereocenters. The molecule has 0 saturated heterocycles. The minimum absolute atomic E-state index is 0.193. The van der Waals surface area contributed by atoms with Crippen LogP contribution in [0.4, 0.5) is 11.4 Å². The maximum absolute atomic E-state index is 12.6. The SMILES string of the molecule is COc1cc(NC(=O)[C@H]2CC=CC[C@H]2C(=O)[O-])ccc1NC(=O)Cc1ccccc1. The van der Waals surface area contributed by atoms with Crippen molar-refractivity contribution in [2.75, 3.05) is 17.7 Å². The van der Waals surface area contributed by atoms with Crippen molar-refractivity contribution in [3.63, 3.8) is 0 Å².